The monoisotopic (exact) mass is 314 g/mol. The summed E-state index contributed by atoms with van der Waals surface area (Å²) < 4.78 is 5.26. The summed E-state index contributed by atoms with van der Waals surface area (Å²) >= 11 is 0. The number of carbonyl (C=O) groups excluding carboxylic acids is 1. The van der Waals surface area contributed by atoms with Gasteiger partial charge in [-0.15, -0.1) is 0 Å². The largest absolute Gasteiger partial charge is 0.507 e. The number of carbonyl (C=O) groups is 2. The molecular formula is C16H10O7. The maximum Gasteiger partial charge on any atom is 0.339 e. The van der Waals surface area contributed by atoms with E-state index in [2.05, 4.69) is 0 Å². The van der Waals surface area contributed by atoms with Gasteiger partial charge in [-0.2, -0.15) is 0 Å². The Morgan fingerprint density at radius 2 is 1.74 bits per heavy atom. The number of aromatic carboxylic acids is 1. The van der Waals surface area contributed by atoms with Crippen molar-refractivity contribution in [1.82, 2.24) is 0 Å². The van der Waals surface area contributed by atoms with Crippen molar-refractivity contribution >= 4 is 17.8 Å². The van der Waals surface area contributed by atoms with E-state index in [4.69, 9.17) is 9.84 Å². The number of carboxylic acid groups (broad SMARTS) is 1. The van der Waals surface area contributed by atoms with Crippen molar-refractivity contribution < 1.29 is 34.8 Å². The summed E-state index contributed by atoms with van der Waals surface area (Å²) in [6.07, 6.45) is 1.28. The molecule has 1 heterocycles. The minimum absolute atomic E-state index is 0.0868. The Balaban J connectivity index is 2.03. The number of rotatable bonds is 2. The highest BCUT2D eigenvalue weighted by Crippen LogP contribution is 2.44. The standard InChI is InChI=1S/C16H10O7/c17-10-3-1-7(5-9(10)16(21)22)6-12-13(19)8-2-4-11(18)14(20)15(8)23-12/h1-6,17-18,20H,(H,21,22)/b12-6+. The third-order valence-electron chi connectivity index (χ3n) is 3.34. The van der Waals surface area contributed by atoms with Crippen LogP contribution < -0.4 is 4.74 Å². The number of fused-ring (bicyclic) bond motifs is 1. The van der Waals surface area contributed by atoms with Crippen LogP contribution in [0.4, 0.5) is 0 Å². The molecule has 0 saturated carbocycles. The van der Waals surface area contributed by atoms with E-state index in [0.717, 1.165) is 0 Å². The quantitative estimate of drug-likeness (QED) is 0.494. The van der Waals surface area contributed by atoms with Gasteiger partial charge in [0.1, 0.15) is 11.3 Å². The van der Waals surface area contributed by atoms with Crippen LogP contribution in [0.3, 0.4) is 0 Å². The minimum Gasteiger partial charge on any atom is -0.507 e. The number of carboxylic acids is 1. The zero-order valence-electron chi connectivity index (χ0n) is 11.5. The van der Waals surface area contributed by atoms with E-state index >= 15 is 0 Å². The lowest BCUT2D eigenvalue weighted by atomic mass is 10.1. The number of phenolic OH excluding ortho intramolecular Hbond substituents is 2. The number of aromatic hydroxyl groups is 3. The predicted octanol–water partition coefficient (Wildman–Crippen LogP) is 2.12. The highest BCUT2D eigenvalue weighted by molar-refractivity contribution is 6.15. The molecule has 3 rings (SSSR count). The molecule has 2 aromatic rings. The average Bonchev–Trinajstić information content (AvgIpc) is 2.82. The molecule has 0 spiro atoms. The zero-order chi connectivity index (χ0) is 16.7. The molecule has 0 unspecified atom stereocenters. The molecule has 0 amide bonds. The van der Waals surface area contributed by atoms with Crippen LogP contribution in [0.1, 0.15) is 26.3 Å². The van der Waals surface area contributed by atoms with E-state index < -0.39 is 29.0 Å². The molecule has 0 bridgehead atoms. The minimum atomic E-state index is -1.31. The maximum absolute atomic E-state index is 12.2. The summed E-state index contributed by atoms with van der Waals surface area (Å²) in [5.74, 6) is -3.48. The normalized spacial score (nSPS) is 14.6. The highest BCUT2D eigenvalue weighted by Gasteiger charge is 2.31. The van der Waals surface area contributed by atoms with Crippen molar-refractivity contribution in [1.29, 1.82) is 0 Å². The lowest BCUT2D eigenvalue weighted by molar-refractivity contribution is 0.0693. The van der Waals surface area contributed by atoms with E-state index in [1.165, 1.54) is 36.4 Å². The first-order valence-corrected chi connectivity index (χ1v) is 6.44. The van der Waals surface area contributed by atoms with Crippen molar-refractivity contribution in [3.63, 3.8) is 0 Å². The summed E-state index contributed by atoms with van der Waals surface area (Å²) in [6.45, 7) is 0. The number of benzene rings is 2. The van der Waals surface area contributed by atoms with Crippen molar-refractivity contribution in [2.75, 3.05) is 0 Å². The second-order valence-electron chi connectivity index (χ2n) is 4.83. The van der Waals surface area contributed by atoms with Gasteiger partial charge in [0.2, 0.25) is 11.5 Å². The van der Waals surface area contributed by atoms with Gasteiger partial charge in [-0.05, 0) is 35.9 Å². The first kappa shape index (κ1) is 14.5. The molecule has 116 valence electrons. The van der Waals surface area contributed by atoms with Gasteiger partial charge in [0, 0.05) is 0 Å². The molecule has 0 atom stereocenters. The predicted molar refractivity (Wildman–Crippen MR) is 77.8 cm³/mol. The second kappa shape index (κ2) is 5.06. The maximum atomic E-state index is 12.2. The van der Waals surface area contributed by atoms with Gasteiger partial charge in [0.15, 0.2) is 17.3 Å². The Morgan fingerprint density at radius 3 is 2.43 bits per heavy atom. The average molecular weight is 314 g/mol. The Bertz CT molecular complexity index is 880. The fraction of sp³-hybridized carbons (Fsp3) is 0. The molecule has 4 N–H and O–H groups in total. The Labute approximate surface area is 129 Å². The SMILES string of the molecule is O=C(O)c1cc(/C=C2/Oc3c(ccc(O)c3O)C2=O)ccc1O. The lowest BCUT2D eigenvalue weighted by Gasteiger charge is -2.03. The number of ketones is 1. The number of Topliss-reactive ketones (excluding diaryl/α,β-unsaturated/α-hetero) is 1. The van der Waals surface area contributed by atoms with Crippen LogP contribution >= 0.6 is 0 Å². The molecule has 7 heteroatoms. The molecule has 0 radical (unpaired) electrons. The van der Waals surface area contributed by atoms with Gasteiger partial charge in [-0.3, -0.25) is 4.79 Å². The van der Waals surface area contributed by atoms with Gasteiger partial charge < -0.3 is 25.2 Å². The van der Waals surface area contributed by atoms with E-state index in [1.54, 1.807) is 0 Å². The Hall–Kier alpha value is -3.48. The molecule has 1 aliphatic rings. The van der Waals surface area contributed by atoms with Crippen LogP contribution in [-0.4, -0.2) is 32.2 Å². The van der Waals surface area contributed by atoms with E-state index in [-0.39, 0.29) is 22.6 Å². The molecule has 7 nitrogen and oxygen atoms in total. The van der Waals surface area contributed by atoms with Crippen LogP contribution in [0.25, 0.3) is 6.08 Å². The third kappa shape index (κ3) is 2.34. The Morgan fingerprint density at radius 1 is 1.04 bits per heavy atom. The number of hydrogen-bond acceptors (Lipinski definition) is 6. The van der Waals surface area contributed by atoms with Crippen molar-refractivity contribution in [3.8, 4) is 23.0 Å². The molecule has 0 aliphatic carbocycles. The second-order valence-corrected chi connectivity index (χ2v) is 4.83. The fourth-order valence-electron chi connectivity index (χ4n) is 2.19. The highest BCUT2D eigenvalue weighted by atomic mass is 16.5. The van der Waals surface area contributed by atoms with Gasteiger partial charge in [0.05, 0.1) is 5.56 Å². The molecule has 0 fully saturated rings. The molecule has 0 saturated heterocycles. The fourth-order valence-corrected chi connectivity index (χ4v) is 2.19. The van der Waals surface area contributed by atoms with Crippen LogP contribution in [0.2, 0.25) is 0 Å². The topological polar surface area (TPSA) is 124 Å². The number of allylic oxidation sites excluding steroid dienone is 1. The molecular weight excluding hydrogens is 304 g/mol. The van der Waals surface area contributed by atoms with Crippen LogP contribution in [0, 0.1) is 0 Å². The van der Waals surface area contributed by atoms with E-state index in [1.807, 2.05) is 0 Å². The number of ether oxygens (including phenoxy) is 1. The Kier molecular flexibility index (Phi) is 3.18. The third-order valence-corrected chi connectivity index (χ3v) is 3.34. The van der Waals surface area contributed by atoms with Gasteiger partial charge in [0.25, 0.3) is 0 Å². The molecule has 23 heavy (non-hydrogen) atoms. The van der Waals surface area contributed by atoms with E-state index in [0.29, 0.717) is 5.56 Å². The van der Waals surface area contributed by atoms with Crippen LogP contribution in [-0.2, 0) is 0 Å². The summed E-state index contributed by atoms with van der Waals surface area (Å²) in [5, 5.41) is 37.6. The molecule has 1 aliphatic heterocycles. The summed E-state index contributed by atoms with van der Waals surface area (Å²) in [6, 6.07) is 6.26. The first-order chi connectivity index (χ1) is 10.9. The zero-order valence-corrected chi connectivity index (χ0v) is 11.5. The number of phenols is 3. The summed E-state index contributed by atoms with van der Waals surface area (Å²) in [7, 11) is 0. The van der Waals surface area contributed by atoms with Crippen molar-refractivity contribution in [3.05, 3.63) is 52.8 Å². The first-order valence-electron chi connectivity index (χ1n) is 6.44. The van der Waals surface area contributed by atoms with Gasteiger partial charge in [-0.1, -0.05) is 6.07 Å². The lowest BCUT2D eigenvalue weighted by Crippen LogP contribution is -2.00. The van der Waals surface area contributed by atoms with Gasteiger partial charge >= 0.3 is 5.97 Å². The molecule has 0 aromatic heterocycles. The van der Waals surface area contributed by atoms with Crippen LogP contribution in [0.15, 0.2) is 36.1 Å². The van der Waals surface area contributed by atoms with Crippen molar-refractivity contribution in [2.45, 2.75) is 0 Å². The number of hydrogen-bond donors (Lipinski definition) is 4. The summed E-state index contributed by atoms with van der Waals surface area (Å²) in [5.41, 5.74) is 0.0895. The van der Waals surface area contributed by atoms with Gasteiger partial charge in [-0.25, -0.2) is 4.79 Å². The van der Waals surface area contributed by atoms with Crippen molar-refractivity contribution in [2.24, 2.45) is 0 Å². The summed E-state index contributed by atoms with van der Waals surface area (Å²) in [4.78, 5) is 23.2. The smallest absolute Gasteiger partial charge is 0.339 e. The van der Waals surface area contributed by atoms with Crippen LogP contribution in [0.5, 0.6) is 23.0 Å². The molecule has 2 aromatic carbocycles. The van der Waals surface area contributed by atoms with E-state index in [9.17, 15) is 24.9 Å².